The molecule has 104 valence electrons. The molecule has 0 aromatic heterocycles. The lowest BCUT2D eigenvalue weighted by molar-refractivity contribution is 0.0657. The first kappa shape index (κ1) is 12.8. The summed E-state index contributed by atoms with van der Waals surface area (Å²) >= 11 is 0. The van der Waals surface area contributed by atoms with E-state index in [1.165, 1.54) is 12.8 Å². The van der Waals surface area contributed by atoms with Crippen molar-refractivity contribution in [3.63, 3.8) is 0 Å². The fourth-order valence-electron chi connectivity index (χ4n) is 2.34. The van der Waals surface area contributed by atoms with Crippen molar-refractivity contribution in [2.75, 3.05) is 33.3 Å². The molecule has 0 saturated heterocycles. The second-order valence-electron chi connectivity index (χ2n) is 5.49. The minimum Gasteiger partial charge on any atom is -0.486 e. The Labute approximate surface area is 114 Å². The van der Waals surface area contributed by atoms with Gasteiger partial charge in [0.15, 0.2) is 11.5 Å². The second kappa shape index (κ2) is 5.80. The highest BCUT2D eigenvalue weighted by atomic mass is 16.6. The van der Waals surface area contributed by atoms with Crippen LogP contribution >= 0.6 is 0 Å². The molecule has 1 fully saturated rings. The molecule has 4 nitrogen and oxygen atoms in total. The van der Waals surface area contributed by atoms with Crippen molar-refractivity contribution in [3.05, 3.63) is 24.3 Å². The molecule has 0 bridgehead atoms. The third-order valence-electron chi connectivity index (χ3n) is 3.59. The van der Waals surface area contributed by atoms with Crippen LogP contribution in [-0.2, 0) is 0 Å². The van der Waals surface area contributed by atoms with Gasteiger partial charge >= 0.3 is 0 Å². The number of benzene rings is 1. The minimum atomic E-state index is 0.126. The Morgan fingerprint density at radius 2 is 2.05 bits per heavy atom. The Kier molecular flexibility index (Phi) is 3.89. The quantitative estimate of drug-likeness (QED) is 0.842. The third-order valence-corrected chi connectivity index (χ3v) is 3.59. The number of likely N-dealkylation sites (N-methyl/N-ethyl adjacent to an activating group) is 1. The van der Waals surface area contributed by atoms with Crippen molar-refractivity contribution in [2.45, 2.75) is 25.0 Å². The first-order chi connectivity index (χ1) is 9.31. The van der Waals surface area contributed by atoms with Gasteiger partial charge in [0.25, 0.3) is 0 Å². The molecule has 3 rings (SSSR count). The zero-order valence-electron chi connectivity index (χ0n) is 11.5. The SMILES string of the molecule is CN(CCNC1CC1)CC1COc2ccccc2O1. The van der Waals surface area contributed by atoms with E-state index in [9.17, 15) is 0 Å². The summed E-state index contributed by atoms with van der Waals surface area (Å²) < 4.78 is 11.7. The normalized spacial score (nSPS) is 21.7. The van der Waals surface area contributed by atoms with Crippen LogP contribution in [0.5, 0.6) is 11.5 Å². The zero-order valence-corrected chi connectivity index (χ0v) is 11.5. The van der Waals surface area contributed by atoms with Gasteiger partial charge in [0, 0.05) is 25.7 Å². The molecule has 2 aliphatic rings. The molecule has 1 aliphatic carbocycles. The maximum Gasteiger partial charge on any atom is 0.161 e. The average molecular weight is 262 g/mol. The Morgan fingerprint density at radius 3 is 2.84 bits per heavy atom. The fourth-order valence-corrected chi connectivity index (χ4v) is 2.34. The van der Waals surface area contributed by atoms with Crippen molar-refractivity contribution in [1.29, 1.82) is 0 Å². The van der Waals surface area contributed by atoms with E-state index in [0.717, 1.165) is 37.2 Å². The van der Waals surface area contributed by atoms with Gasteiger partial charge in [-0.1, -0.05) is 12.1 Å². The Balaban J connectivity index is 1.42. The van der Waals surface area contributed by atoms with E-state index in [1.54, 1.807) is 0 Å². The van der Waals surface area contributed by atoms with Crippen molar-refractivity contribution in [1.82, 2.24) is 10.2 Å². The lowest BCUT2D eigenvalue weighted by Gasteiger charge is -2.29. The fraction of sp³-hybridized carbons (Fsp3) is 0.600. The number of ether oxygens (including phenoxy) is 2. The van der Waals surface area contributed by atoms with Gasteiger partial charge in [0.1, 0.15) is 12.7 Å². The van der Waals surface area contributed by atoms with E-state index in [4.69, 9.17) is 9.47 Å². The molecule has 1 aromatic carbocycles. The first-order valence-corrected chi connectivity index (χ1v) is 7.11. The Morgan fingerprint density at radius 1 is 1.26 bits per heavy atom. The molecule has 1 aromatic rings. The van der Waals surface area contributed by atoms with Crippen molar-refractivity contribution < 1.29 is 9.47 Å². The maximum atomic E-state index is 5.96. The van der Waals surface area contributed by atoms with Crippen LogP contribution in [0.15, 0.2) is 24.3 Å². The van der Waals surface area contributed by atoms with E-state index in [1.807, 2.05) is 24.3 Å². The van der Waals surface area contributed by atoms with Crippen LogP contribution in [-0.4, -0.2) is 50.3 Å². The highest BCUT2D eigenvalue weighted by molar-refractivity contribution is 5.40. The molecule has 19 heavy (non-hydrogen) atoms. The van der Waals surface area contributed by atoms with Crippen molar-refractivity contribution in [3.8, 4) is 11.5 Å². The van der Waals surface area contributed by atoms with E-state index >= 15 is 0 Å². The summed E-state index contributed by atoms with van der Waals surface area (Å²) in [5.41, 5.74) is 0. The van der Waals surface area contributed by atoms with Crippen molar-refractivity contribution >= 4 is 0 Å². The first-order valence-electron chi connectivity index (χ1n) is 7.11. The van der Waals surface area contributed by atoms with Crippen LogP contribution in [0.4, 0.5) is 0 Å². The summed E-state index contributed by atoms with van der Waals surface area (Å²) in [5.74, 6) is 1.72. The number of hydrogen-bond acceptors (Lipinski definition) is 4. The van der Waals surface area contributed by atoms with Gasteiger partial charge in [-0.05, 0) is 32.0 Å². The summed E-state index contributed by atoms with van der Waals surface area (Å²) in [4.78, 5) is 2.30. The van der Waals surface area contributed by atoms with E-state index in [-0.39, 0.29) is 6.10 Å². The van der Waals surface area contributed by atoms with Gasteiger partial charge in [0.2, 0.25) is 0 Å². The Bertz CT molecular complexity index is 420. The summed E-state index contributed by atoms with van der Waals surface area (Å²) in [7, 11) is 2.14. The molecule has 1 atom stereocenters. The highest BCUT2D eigenvalue weighted by Crippen LogP contribution is 2.30. The predicted octanol–water partition coefficient (Wildman–Crippen LogP) is 1.51. The molecule has 1 saturated carbocycles. The number of rotatable bonds is 6. The summed E-state index contributed by atoms with van der Waals surface area (Å²) in [6, 6.07) is 8.66. The lowest BCUT2D eigenvalue weighted by Crippen LogP contribution is -2.41. The van der Waals surface area contributed by atoms with Gasteiger partial charge in [-0.3, -0.25) is 0 Å². The molecule has 0 amide bonds. The van der Waals surface area contributed by atoms with Gasteiger partial charge < -0.3 is 19.7 Å². The van der Waals surface area contributed by atoms with Crippen LogP contribution in [0.25, 0.3) is 0 Å². The summed E-state index contributed by atoms with van der Waals surface area (Å²) in [5, 5.41) is 3.53. The number of nitrogens with one attached hydrogen (secondary N) is 1. The maximum absolute atomic E-state index is 5.96. The van der Waals surface area contributed by atoms with Gasteiger partial charge in [0.05, 0.1) is 0 Å². The highest BCUT2D eigenvalue weighted by Gasteiger charge is 2.23. The summed E-state index contributed by atoms with van der Waals surface area (Å²) in [6.45, 7) is 3.65. The molecule has 0 spiro atoms. The molecule has 4 heteroatoms. The molecular weight excluding hydrogens is 240 g/mol. The number of para-hydroxylation sites is 2. The van der Waals surface area contributed by atoms with Crippen LogP contribution in [0.3, 0.4) is 0 Å². The van der Waals surface area contributed by atoms with Gasteiger partial charge in [-0.25, -0.2) is 0 Å². The van der Waals surface area contributed by atoms with Crippen molar-refractivity contribution in [2.24, 2.45) is 0 Å². The monoisotopic (exact) mass is 262 g/mol. The third kappa shape index (κ3) is 3.61. The summed E-state index contributed by atoms with van der Waals surface area (Å²) in [6.07, 6.45) is 2.82. The largest absolute Gasteiger partial charge is 0.486 e. The zero-order chi connectivity index (χ0) is 13.1. The second-order valence-corrected chi connectivity index (χ2v) is 5.49. The molecule has 1 heterocycles. The number of nitrogens with zero attached hydrogens (tertiary/aromatic N) is 1. The van der Waals surface area contributed by atoms with Crippen LogP contribution in [0, 0.1) is 0 Å². The molecule has 1 unspecified atom stereocenters. The van der Waals surface area contributed by atoms with Crippen LogP contribution in [0.1, 0.15) is 12.8 Å². The topological polar surface area (TPSA) is 33.7 Å². The van der Waals surface area contributed by atoms with E-state index in [0.29, 0.717) is 6.61 Å². The Hall–Kier alpha value is -1.26. The average Bonchev–Trinajstić information content (AvgIpc) is 3.23. The van der Waals surface area contributed by atoms with E-state index in [2.05, 4.69) is 17.3 Å². The molecule has 1 aliphatic heterocycles. The number of fused-ring (bicyclic) bond motifs is 1. The van der Waals surface area contributed by atoms with Crippen LogP contribution in [0.2, 0.25) is 0 Å². The minimum absolute atomic E-state index is 0.126. The molecular formula is C15H22N2O2. The van der Waals surface area contributed by atoms with Gasteiger partial charge in [-0.2, -0.15) is 0 Å². The number of hydrogen-bond donors (Lipinski definition) is 1. The van der Waals surface area contributed by atoms with E-state index < -0.39 is 0 Å². The van der Waals surface area contributed by atoms with Gasteiger partial charge in [-0.15, -0.1) is 0 Å². The standard InChI is InChI=1S/C15H22N2O2/c1-17(9-8-16-12-6-7-12)10-13-11-18-14-4-2-3-5-15(14)19-13/h2-5,12-13,16H,6-11H2,1H3. The molecule has 0 radical (unpaired) electrons. The predicted molar refractivity (Wildman–Crippen MR) is 74.9 cm³/mol. The smallest absolute Gasteiger partial charge is 0.161 e. The molecule has 1 N–H and O–H groups in total. The van der Waals surface area contributed by atoms with Crippen LogP contribution < -0.4 is 14.8 Å². The lowest BCUT2D eigenvalue weighted by atomic mass is 10.2.